The molecule has 2 rings (SSSR count). The summed E-state index contributed by atoms with van der Waals surface area (Å²) in [6, 6.07) is 0. The minimum absolute atomic E-state index is 0. The van der Waals surface area contributed by atoms with E-state index in [1.807, 2.05) is 0 Å². The average Bonchev–Trinajstić information content (AvgIpc) is 2.58. The van der Waals surface area contributed by atoms with Crippen molar-refractivity contribution in [3.8, 4) is 0 Å². The van der Waals surface area contributed by atoms with Gasteiger partial charge in [0.1, 0.15) is 0 Å². The zero-order chi connectivity index (χ0) is 10.0. The molecule has 0 aromatic carbocycles. The van der Waals surface area contributed by atoms with Gasteiger partial charge in [-0.3, -0.25) is 0 Å². The molecule has 0 atom stereocenters. The van der Waals surface area contributed by atoms with Crippen molar-refractivity contribution in [2.75, 3.05) is 32.7 Å². The van der Waals surface area contributed by atoms with Crippen molar-refractivity contribution < 1.29 is 0 Å². The van der Waals surface area contributed by atoms with Crippen LogP contribution in [0.1, 0.15) is 33.1 Å². The summed E-state index contributed by atoms with van der Waals surface area (Å²) in [6.45, 7) is 11.1. The van der Waals surface area contributed by atoms with Crippen LogP contribution in [0.5, 0.6) is 0 Å². The normalized spacial score (nSPS) is 24.2. The van der Waals surface area contributed by atoms with Gasteiger partial charge in [0.25, 0.3) is 0 Å². The molecular weight excluding hydrogens is 243 g/mol. The molecule has 0 radical (unpaired) electrons. The monoisotopic (exact) mass is 268 g/mol. The number of nitrogens with one attached hydrogen (secondary N) is 1. The molecule has 0 unspecified atom stereocenters. The predicted octanol–water partition coefficient (Wildman–Crippen LogP) is 2.56. The summed E-state index contributed by atoms with van der Waals surface area (Å²) in [5.74, 6) is 0.825. The lowest BCUT2D eigenvalue weighted by Crippen LogP contribution is -2.42. The molecule has 0 aliphatic carbocycles. The highest BCUT2D eigenvalue weighted by atomic mass is 35.5. The Labute approximate surface area is 112 Å². The molecule has 2 saturated heterocycles. The van der Waals surface area contributed by atoms with Gasteiger partial charge in [0, 0.05) is 13.1 Å². The highest BCUT2D eigenvalue weighted by molar-refractivity contribution is 5.85. The van der Waals surface area contributed by atoms with Crippen molar-refractivity contribution in [1.82, 2.24) is 10.2 Å². The molecule has 0 saturated carbocycles. The van der Waals surface area contributed by atoms with Crippen LogP contribution < -0.4 is 5.32 Å². The van der Waals surface area contributed by atoms with Crippen molar-refractivity contribution in [2.45, 2.75) is 33.1 Å². The second kappa shape index (κ2) is 7.05. The molecule has 2 heterocycles. The second-order valence-corrected chi connectivity index (χ2v) is 5.62. The Kier molecular flexibility index (Phi) is 7.27. The molecule has 2 aliphatic heterocycles. The third-order valence-electron chi connectivity index (χ3n) is 3.87. The summed E-state index contributed by atoms with van der Waals surface area (Å²) < 4.78 is 0. The molecule has 4 heteroatoms. The SMILES string of the molecule is CC(C)CN1CCC2(CCNC2)CC1.Cl.Cl. The molecule has 2 nitrogen and oxygen atoms in total. The molecule has 0 aromatic heterocycles. The lowest BCUT2D eigenvalue weighted by Gasteiger charge is -2.39. The van der Waals surface area contributed by atoms with Crippen LogP contribution in [0.3, 0.4) is 0 Å². The van der Waals surface area contributed by atoms with Gasteiger partial charge in [0.2, 0.25) is 0 Å². The van der Waals surface area contributed by atoms with Gasteiger partial charge >= 0.3 is 0 Å². The lowest BCUT2D eigenvalue weighted by atomic mass is 9.78. The van der Waals surface area contributed by atoms with Crippen molar-refractivity contribution >= 4 is 24.8 Å². The van der Waals surface area contributed by atoms with E-state index in [-0.39, 0.29) is 24.8 Å². The largest absolute Gasteiger partial charge is 0.316 e. The Balaban J connectivity index is 0.00000112. The van der Waals surface area contributed by atoms with Gasteiger partial charge in [-0.15, -0.1) is 24.8 Å². The predicted molar refractivity (Wildman–Crippen MR) is 74.9 cm³/mol. The van der Waals surface area contributed by atoms with Gasteiger partial charge in [0.05, 0.1) is 0 Å². The van der Waals surface area contributed by atoms with E-state index in [1.165, 1.54) is 52.0 Å². The molecule has 1 N–H and O–H groups in total. The highest BCUT2D eigenvalue weighted by Gasteiger charge is 2.36. The van der Waals surface area contributed by atoms with E-state index in [0.717, 1.165) is 5.92 Å². The third-order valence-corrected chi connectivity index (χ3v) is 3.87. The van der Waals surface area contributed by atoms with Gasteiger partial charge in [-0.25, -0.2) is 0 Å². The summed E-state index contributed by atoms with van der Waals surface area (Å²) in [6.07, 6.45) is 4.27. The fourth-order valence-electron chi connectivity index (χ4n) is 2.95. The van der Waals surface area contributed by atoms with E-state index in [1.54, 1.807) is 0 Å². The number of piperidine rings is 1. The Morgan fingerprint density at radius 1 is 1.12 bits per heavy atom. The first kappa shape index (κ1) is 16.5. The Morgan fingerprint density at radius 2 is 1.75 bits per heavy atom. The fourth-order valence-corrected chi connectivity index (χ4v) is 2.95. The minimum atomic E-state index is 0. The van der Waals surface area contributed by atoms with Gasteiger partial charge in [-0.1, -0.05) is 13.8 Å². The fraction of sp³-hybridized carbons (Fsp3) is 1.00. The van der Waals surface area contributed by atoms with Crippen LogP contribution in [0.2, 0.25) is 0 Å². The second-order valence-electron chi connectivity index (χ2n) is 5.62. The molecule has 0 aromatic rings. The quantitative estimate of drug-likeness (QED) is 0.829. The Morgan fingerprint density at radius 3 is 2.19 bits per heavy atom. The van der Waals surface area contributed by atoms with E-state index in [0.29, 0.717) is 5.41 Å². The van der Waals surface area contributed by atoms with E-state index >= 15 is 0 Å². The van der Waals surface area contributed by atoms with Gasteiger partial charge in [-0.05, 0) is 50.2 Å². The van der Waals surface area contributed by atoms with Gasteiger partial charge in [0.15, 0.2) is 0 Å². The molecule has 16 heavy (non-hydrogen) atoms. The average molecular weight is 269 g/mol. The molecule has 2 fully saturated rings. The number of halogens is 2. The van der Waals surface area contributed by atoms with Crippen molar-refractivity contribution in [1.29, 1.82) is 0 Å². The molecule has 0 bridgehead atoms. The van der Waals surface area contributed by atoms with Crippen molar-refractivity contribution in [3.63, 3.8) is 0 Å². The van der Waals surface area contributed by atoms with Gasteiger partial charge < -0.3 is 10.2 Å². The van der Waals surface area contributed by atoms with Crippen LogP contribution in [0, 0.1) is 11.3 Å². The minimum Gasteiger partial charge on any atom is -0.316 e. The molecule has 1 spiro atoms. The van der Waals surface area contributed by atoms with Crippen LogP contribution in [0.15, 0.2) is 0 Å². The number of nitrogens with zero attached hydrogens (tertiary/aromatic N) is 1. The summed E-state index contributed by atoms with van der Waals surface area (Å²) in [4.78, 5) is 2.65. The number of hydrogen-bond donors (Lipinski definition) is 1. The zero-order valence-electron chi connectivity index (χ0n) is 10.5. The van der Waals surface area contributed by atoms with Crippen LogP contribution in [0.25, 0.3) is 0 Å². The number of hydrogen-bond acceptors (Lipinski definition) is 2. The Bertz CT molecular complexity index is 181. The van der Waals surface area contributed by atoms with E-state index in [4.69, 9.17) is 0 Å². The number of likely N-dealkylation sites (tertiary alicyclic amines) is 1. The summed E-state index contributed by atoms with van der Waals surface area (Å²) >= 11 is 0. The zero-order valence-corrected chi connectivity index (χ0v) is 12.1. The summed E-state index contributed by atoms with van der Waals surface area (Å²) in [5.41, 5.74) is 0.688. The van der Waals surface area contributed by atoms with Crippen LogP contribution in [0.4, 0.5) is 0 Å². The highest BCUT2D eigenvalue weighted by Crippen LogP contribution is 2.36. The van der Waals surface area contributed by atoms with Crippen molar-refractivity contribution in [3.05, 3.63) is 0 Å². The first-order valence-corrected chi connectivity index (χ1v) is 6.13. The van der Waals surface area contributed by atoms with Crippen LogP contribution in [-0.4, -0.2) is 37.6 Å². The Hall–Kier alpha value is 0.500. The molecule has 98 valence electrons. The maximum absolute atomic E-state index is 3.52. The van der Waals surface area contributed by atoms with Crippen molar-refractivity contribution in [2.24, 2.45) is 11.3 Å². The van der Waals surface area contributed by atoms with Gasteiger partial charge in [-0.2, -0.15) is 0 Å². The topological polar surface area (TPSA) is 15.3 Å². The van der Waals surface area contributed by atoms with Crippen LogP contribution >= 0.6 is 24.8 Å². The standard InChI is InChI=1S/C12H24N2.2ClH/c1-11(2)9-14-7-4-12(5-8-14)3-6-13-10-12;;/h11,13H,3-10H2,1-2H3;2*1H. The summed E-state index contributed by atoms with van der Waals surface area (Å²) in [7, 11) is 0. The molecule has 2 aliphatic rings. The summed E-state index contributed by atoms with van der Waals surface area (Å²) in [5, 5.41) is 3.52. The van der Waals surface area contributed by atoms with Crippen LogP contribution in [-0.2, 0) is 0 Å². The maximum atomic E-state index is 3.52. The third kappa shape index (κ3) is 4.06. The first-order chi connectivity index (χ1) is 6.70. The van der Waals surface area contributed by atoms with E-state index < -0.39 is 0 Å². The lowest BCUT2D eigenvalue weighted by molar-refractivity contribution is 0.109. The van der Waals surface area contributed by atoms with E-state index in [2.05, 4.69) is 24.1 Å². The molecular formula is C12H26Cl2N2. The smallest absolute Gasteiger partial charge is 0.000924 e. The van der Waals surface area contributed by atoms with E-state index in [9.17, 15) is 0 Å². The first-order valence-electron chi connectivity index (χ1n) is 6.13. The molecule has 0 amide bonds. The maximum Gasteiger partial charge on any atom is 0.000924 e. The number of rotatable bonds is 2.